The lowest BCUT2D eigenvalue weighted by Gasteiger charge is -2.63. The van der Waals surface area contributed by atoms with E-state index in [2.05, 4.69) is 20.8 Å². The third kappa shape index (κ3) is 3.87. The number of aliphatic hydroxyl groups is 6. The summed E-state index contributed by atoms with van der Waals surface area (Å²) in [5.41, 5.74) is -0.167. The molecule has 0 saturated heterocycles. The van der Waals surface area contributed by atoms with Crippen LogP contribution in [0.3, 0.4) is 0 Å². The molecule has 4 rings (SSSR count). The lowest BCUT2D eigenvalue weighted by molar-refractivity contribution is -0.207. The van der Waals surface area contributed by atoms with Crippen LogP contribution in [0.5, 0.6) is 0 Å². The molecule has 0 aromatic heterocycles. The van der Waals surface area contributed by atoms with Gasteiger partial charge in [-0.1, -0.05) is 20.8 Å². The molecule has 6 nitrogen and oxygen atoms in total. The first-order chi connectivity index (χ1) is 15.0. The van der Waals surface area contributed by atoms with E-state index in [1.54, 1.807) is 0 Å². The van der Waals surface area contributed by atoms with Crippen molar-refractivity contribution in [2.75, 3.05) is 6.61 Å². The lowest BCUT2D eigenvalue weighted by atomic mass is 9.43. The highest BCUT2D eigenvalue weighted by Crippen LogP contribution is 2.68. The molecule has 32 heavy (non-hydrogen) atoms. The number of hydrogen-bond acceptors (Lipinski definition) is 6. The Balaban J connectivity index is 1.53. The Morgan fingerprint density at radius 2 is 1.59 bits per heavy atom. The summed E-state index contributed by atoms with van der Waals surface area (Å²) in [6.45, 7) is 6.34. The molecule has 6 N–H and O–H groups in total. The number of hydrogen-bond donors (Lipinski definition) is 6. The molecule has 0 spiro atoms. The minimum atomic E-state index is -1.10. The summed E-state index contributed by atoms with van der Waals surface area (Å²) in [5, 5.41) is 62.0. The van der Waals surface area contributed by atoms with Gasteiger partial charge < -0.3 is 30.6 Å². The van der Waals surface area contributed by atoms with Crippen molar-refractivity contribution in [2.24, 2.45) is 46.3 Å². The molecule has 6 heteroatoms. The third-order valence-corrected chi connectivity index (χ3v) is 11.1. The number of rotatable bonds is 6. The summed E-state index contributed by atoms with van der Waals surface area (Å²) >= 11 is 0. The topological polar surface area (TPSA) is 121 Å². The van der Waals surface area contributed by atoms with Gasteiger partial charge in [0.2, 0.25) is 0 Å². The fraction of sp³-hybridized carbons (Fsp3) is 1.00. The molecular formula is C26H46O6. The highest BCUT2D eigenvalue weighted by Gasteiger charge is 2.65. The molecule has 4 aliphatic carbocycles. The lowest BCUT2D eigenvalue weighted by Crippen LogP contribution is -2.62. The zero-order chi connectivity index (χ0) is 23.4. The largest absolute Gasteiger partial charge is 0.394 e. The van der Waals surface area contributed by atoms with Crippen molar-refractivity contribution < 1.29 is 30.6 Å². The number of fused-ring (bicyclic) bond motifs is 5. The maximum absolute atomic E-state index is 11.6. The van der Waals surface area contributed by atoms with E-state index in [1.807, 2.05) is 0 Å². The Morgan fingerprint density at radius 3 is 2.28 bits per heavy atom. The van der Waals surface area contributed by atoms with E-state index in [4.69, 9.17) is 5.11 Å². The number of aliphatic hydroxyl groups excluding tert-OH is 6. The Morgan fingerprint density at radius 1 is 0.875 bits per heavy atom. The van der Waals surface area contributed by atoms with E-state index in [9.17, 15) is 25.5 Å². The molecule has 13 atom stereocenters. The quantitative estimate of drug-likeness (QED) is 0.365. The Hall–Kier alpha value is -0.240. The van der Waals surface area contributed by atoms with Gasteiger partial charge in [-0.15, -0.1) is 0 Å². The van der Waals surface area contributed by atoms with Gasteiger partial charge in [-0.05, 0) is 104 Å². The van der Waals surface area contributed by atoms with Crippen LogP contribution in [0.2, 0.25) is 0 Å². The van der Waals surface area contributed by atoms with Gasteiger partial charge in [0.15, 0.2) is 0 Å². The summed E-state index contributed by atoms with van der Waals surface area (Å²) in [6.07, 6.45) is 4.24. The normalized spacial score (nSPS) is 51.3. The SMILES string of the molecule is C[C@H](CCC(O)C(O)CO)[C@H]1CC[C@H]2[C@@H]3C(O)CC4CC(O)CC[C@]4(C)[C@H]3CC(O)[C@]12C. The molecule has 0 radical (unpaired) electrons. The van der Waals surface area contributed by atoms with Gasteiger partial charge in [0.05, 0.1) is 31.0 Å². The highest BCUT2D eigenvalue weighted by molar-refractivity contribution is 5.14. The van der Waals surface area contributed by atoms with Crippen molar-refractivity contribution in [3.05, 3.63) is 0 Å². The second kappa shape index (κ2) is 9.09. The zero-order valence-corrected chi connectivity index (χ0v) is 20.1. The first kappa shape index (κ1) is 24.9. The molecule has 0 heterocycles. The fourth-order valence-electron chi connectivity index (χ4n) is 9.08. The molecular weight excluding hydrogens is 408 g/mol. The molecule has 0 aromatic carbocycles. The average molecular weight is 455 g/mol. The highest BCUT2D eigenvalue weighted by atomic mass is 16.4. The molecule has 4 fully saturated rings. The third-order valence-electron chi connectivity index (χ3n) is 11.1. The first-order valence-electron chi connectivity index (χ1n) is 13.0. The second-order valence-corrected chi connectivity index (χ2v) is 12.4. The van der Waals surface area contributed by atoms with E-state index >= 15 is 0 Å². The van der Waals surface area contributed by atoms with Gasteiger partial charge in [0, 0.05) is 0 Å². The van der Waals surface area contributed by atoms with Crippen LogP contribution in [0.4, 0.5) is 0 Å². The fourth-order valence-corrected chi connectivity index (χ4v) is 9.08. The van der Waals surface area contributed by atoms with Gasteiger partial charge in [-0.2, -0.15) is 0 Å². The monoisotopic (exact) mass is 454 g/mol. The van der Waals surface area contributed by atoms with Gasteiger partial charge in [-0.25, -0.2) is 0 Å². The van der Waals surface area contributed by atoms with Crippen LogP contribution in [0.15, 0.2) is 0 Å². The van der Waals surface area contributed by atoms with Crippen LogP contribution < -0.4 is 0 Å². The molecule has 0 aliphatic heterocycles. The van der Waals surface area contributed by atoms with Crippen LogP contribution >= 0.6 is 0 Å². The molecule has 0 bridgehead atoms. The van der Waals surface area contributed by atoms with E-state index in [-0.39, 0.29) is 40.8 Å². The summed E-state index contributed by atoms with van der Waals surface area (Å²) in [4.78, 5) is 0. The van der Waals surface area contributed by atoms with E-state index in [0.29, 0.717) is 24.2 Å². The van der Waals surface area contributed by atoms with Gasteiger partial charge >= 0.3 is 0 Å². The molecule has 0 amide bonds. The predicted molar refractivity (Wildman–Crippen MR) is 122 cm³/mol. The van der Waals surface area contributed by atoms with Crippen molar-refractivity contribution in [1.82, 2.24) is 0 Å². The maximum atomic E-state index is 11.6. The Bertz CT molecular complexity index is 658. The minimum Gasteiger partial charge on any atom is -0.394 e. The zero-order valence-electron chi connectivity index (χ0n) is 20.1. The standard InChI is InChI=1S/C26H46O6/c1-14(4-7-20(29)22(31)13-27)17-5-6-18-24-19(12-23(32)26(17,18)3)25(2)9-8-16(28)10-15(25)11-21(24)30/h14-24,27-32H,4-13H2,1-3H3/t14-,15?,16?,17-,18+,19+,20?,21?,22?,23?,24+,25+,26-/m1/s1. The average Bonchev–Trinajstić information content (AvgIpc) is 3.11. The van der Waals surface area contributed by atoms with Crippen LogP contribution in [0.25, 0.3) is 0 Å². The van der Waals surface area contributed by atoms with Gasteiger partial charge in [-0.3, -0.25) is 0 Å². The Kier molecular flexibility index (Phi) is 7.06. The maximum Gasteiger partial charge on any atom is 0.103 e. The molecule has 6 unspecified atom stereocenters. The molecule has 186 valence electrons. The van der Waals surface area contributed by atoms with Gasteiger partial charge in [0.1, 0.15) is 6.10 Å². The van der Waals surface area contributed by atoms with Crippen molar-refractivity contribution in [2.45, 2.75) is 109 Å². The second-order valence-electron chi connectivity index (χ2n) is 12.4. The van der Waals surface area contributed by atoms with Crippen molar-refractivity contribution in [3.63, 3.8) is 0 Å². The van der Waals surface area contributed by atoms with Crippen molar-refractivity contribution in [3.8, 4) is 0 Å². The predicted octanol–water partition coefficient (Wildman–Crippen LogP) is 2.08. The molecule has 0 aromatic rings. The van der Waals surface area contributed by atoms with Crippen LogP contribution in [0.1, 0.15) is 78.6 Å². The first-order valence-corrected chi connectivity index (χ1v) is 13.0. The van der Waals surface area contributed by atoms with Crippen LogP contribution in [0, 0.1) is 46.3 Å². The summed E-state index contributed by atoms with van der Waals surface area (Å²) in [6, 6.07) is 0. The van der Waals surface area contributed by atoms with Crippen molar-refractivity contribution in [1.29, 1.82) is 0 Å². The smallest absolute Gasteiger partial charge is 0.103 e. The Labute approximate surface area is 193 Å². The van der Waals surface area contributed by atoms with E-state index in [1.165, 1.54) is 0 Å². The summed E-state index contributed by atoms with van der Waals surface area (Å²) in [5.74, 6) is 1.72. The molecule has 4 aliphatic rings. The van der Waals surface area contributed by atoms with E-state index in [0.717, 1.165) is 51.4 Å². The van der Waals surface area contributed by atoms with Crippen LogP contribution in [-0.2, 0) is 0 Å². The summed E-state index contributed by atoms with van der Waals surface area (Å²) in [7, 11) is 0. The van der Waals surface area contributed by atoms with Gasteiger partial charge in [0.25, 0.3) is 0 Å². The van der Waals surface area contributed by atoms with Crippen molar-refractivity contribution >= 4 is 0 Å². The summed E-state index contributed by atoms with van der Waals surface area (Å²) < 4.78 is 0. The van der Waals surface area contributed by atoms with Crippen LogP contribution in [-0.4, -0.2) is 67.8 Å². The van der Waals surface area contributed by atoms with E-state index < -0.39 is 24.9 Å². The minimum absolute atomic E-state index is 0.0830. The molecule has 4 saturated carbocycles.